The van der Waals surface area contributed by atoms with Crippen LogP contribution in [0.5, 0.6) is 0 Å². The molecular weight excluding hydrogens is 360 g/mol. The predicted molar refractivity (Wildman–Crippen MR) is 104 cm³/mol. The van der Waals surface area contributed by atoms with Crippen LogP contribution < -0.4 is 5.32 Å². The summed E-state index contributed by atoms with van der Waals surface area (Å²) in [6.07, 6.45) is -0.209. The summed E-state index contributed by atoms with van der Waals surface area (Å²) in [5, 5.41) is 3.49. The fourth-order valence-electron chi connectivity index (χ4n) is 2.56. The maximum absolute atomic E-state index is 12.1. The van der Waals surface area contributed by atoms with Crippen molar-refractivity contribution in [3.8, 4) is 0 Å². The van der Waals surface area contributed by atoms with Gasteiger partial charge in [0.15, 0.2) is 6.61 Å². The van der Waals surface area contributed by atoms with Crippen LogP contribution in [0.3, 0.4) is 0 Å². The van der Waals surface area contributed by atoms with Crippen molar-refractivity contribution < 1.29 is 23.9 Å². The highest BCUT2D eigenvalue weighted by molar-refractivity contribution is 5.98. The number of para-hydroxylation sites is 1. The van der Waals surface area contributed by atoms with Gasteiger partial charge in [-0.2, -0.15) is 0 Å². The highest BCUT2D eigenvalue weighted by atomic mass is 16.5. The Labute approximate surface area is 161 Å². The lowest BCUT2D eigenvalue weighted by atomic mass is 10.2. The number of fused-ring (bicyclic) bond motifs is 1. The number of esters is 2. The number of amides is 1. The molecule has 7 heteroatoms. The molecule has 1 heterocycles. The third-order valence-electron chi connectivity index (χ3n) is 3.83. The number of hydrogen-bond donors (Lipinski definition) is 2. The number of rotatable bonds is 6. The number of hydrogen-bond acceptors (Lipinski definition) is 5. The number of carbonyl (C=O) groups excluding carboxylic acids is 3. The van der Waals surface area contributed by atoms with E-state index in [2.05, 4.69) is 10.3 Å². The number of aromatic amines is 1. The molecule has 0 unspecified atom stereocenters. The van der Waals surface area contributed by atoms with Gasteiger partial charge < -0.3 is 19.8 Å². The molecule has 0 aliphatic heterocycles. The van der Waals surface area contributed by atoms with Crippen LogP contribution in [0, 0.1) is 0 Å². The molecule has 7 nitrogen and oxygen atoms in total. The lowest BCUT2D eigenvalue weighted by Crippen LogP contribution is -2.21. The summed E-state index contributed by atoms with van der Waals surface area (Å²) >= 11 is 0. The predicted octanol–water partition coefficient (Wildman–Crippen LogP) is 3.53. The molecule has 3 aromatic rings. The Morgan fingerprint density at radius 2 is 1.71 bits per heavy atom. The van der Waals surface area contributed by atoms with Crippen molar-refractivity contribution in [2.45, 2.75) is 20.0 Å². The van der Waals surface area contributed by atoms with Crippen LogP contribution in [0.2, 0.25) is 0 Å². The zero-order chi connectivity index (χ0) is 20.1. The molecule has 1 aromatic heterocycles. The fraction of sp³-hybridized carbons (Fsp3) is 0.190. The van der Waals surface area contributed by atoms with E-state index in [-0.39, 0.29) is 11.8 Å². The minimum absolute atomic E-state index is 0.209. The van der Waals surface area contributed by atoms with E-state index in [9.17, 15) is 14.4 Å². The Bertz CT molecular complexity index is 972. The van der Waals surface area contributed by atoms with Gasteiger partial charge in [0.25, 0.3) is 5.91 Å². The van der Waals surface area contributed by atoms with Crippen LogP contribution in [-0.2, 0) is 14.3 Å². The number of benzene rings is 2. The van der Waals surface area contributed by atoms with Gasteiger partial charge in [0.2, 0.25) is 0 Å². The van der Waals surface area contributed by atoms with Crippen LogP contribution in [0.1, 0.15) is 34.7 Å². The van der Waals surface area contributed by atoms with Crippen molar-refractivity contribution in [2.75, 3.05) is 11.9 Å². The zero-order valence-electron chi connectivity index (χ0n) is 15.5. The van der Waals surface area contributed by atoms with Gasteiger partial charge in [-0.1, -0.05) is 18.2 Å². The number of nitrogens with one attached hydrogen (secondary N) is 2. The second-order valence-electron chi connectivity index (χ2n) is 6.43. The molecule has 144 valence electrons. The first-order valence-electron chi connectivity index (χ1n) is 8.78. The summed E-state index contributed by atoms with van der Waals surface area (Å²) < 4.78 is 10.1. The minimum Gasteiger partial charge on any atom is -0.459 e. The molecule has 0 atom stereocenters. The number of H-pyrrole nitrogens is 1. The van der Waals surface area contributed by atoms with Crippen molar-refractivity contribution in [1.29, 1.82) is 0 Å². The molecule has 0 spiro atoms. The first-order valence-corrected chi connectivity index (χ1v) is 8.78. The van der Waals surface area contributed by atoms with E-state index in [1.165, 1.54) is 0 Å². The normalized spacial score (nSPS) is 10.7. The lowest BCUT2D eigenvalue weighted by molar-refractivity contribution is -0.119. The molecule has 0 aliphatic carbocycles. The van der Waals surface area contributed by atoms with E-state index in [0.717, 1.165) is 10.9 Å². The van der Waals surface area contributed by atoms with E-state index >= 15 is 0 Å². The monoisotopic (exact) mass is 380 g/mol. The molecule has 1 amide bonds. The van der Waals surface area contributed by atoms with Gasteiger partial charge in [0, 0.05) is 16.6 Å². The second-order valence-corrected chi connectivity index (χ2v) is 6.43. The Morgan fingerprint density at radius 1 is 1.00 bits per heavy atom. The number of anilines is 1. The topological polar surface area (TPSA) is 97.5 Å². The molecule has 0 aliphatic rings. The first-order chi connectivity index (χ1) is 13.4. The lowest BCUT2D eigenvalue weighted by Gasteiger charge is -2.09. The Balaban J connectivity index is 1.52. The smallest absolute Gasteiger partial charge is 0.355 e. The van der Waals surface area contributed by atoms with Crippen molar-refractivity contribution in [2.24, 2.45) is 0 Å². The van der Waals surface area contributed by atoms with Gasteiger partial charge in [-0.05, 0) is 50.2 Å². The standard InChI is InChI=1S/C21H20N2O5/c1-13(2)28-20(25)14-7-9-16(10-8-14)22-19(24)12-27-21(26)18-11-15-5-3-4-6-17(15)23-18/h3-11,13,23H,12H2,1-2H3,(H,22,24). The molecule has 0 bridgehead atoms. The van der Waals surface area contributed by atoms with Gasteiger partial charge in [0.05, 0.1) is 11.7 Å². The Kier molecular flexibility index (Phi) is 5.74. The number of aromatic nitrogens is 1. The fourth-order valence-corrected chi connectivity index (χ4v) is 2.56. The molecule has 0 radical (unpaired) electrons. The van der Waals surface area contributed by atoms with Crippen molar-refractivity contribution in [3.63, 3.8) is 0 Å². The Hall–Kier alpha value is -3.61. The SMILES string of the molecule is CC(C)OC(=O)c1ccc(NC(=O)COC(=O)c2cc3ccccc3[nH]2)cc1. The molecule has 28 heavy (non-hydrogen) atoms. The van der Waals surface area contributed by atoms with Crippen LogP contribution in [0.25, 0.3) is 10.9 Å². The van der Waals surface area contributed by atoms with Gasteiger partial charge in [-0.25, -0.2) is 9.59 Å². The van der Waals surface area contributed by atoms with Crippen LogP contribution in [-0.4, -0.2) is 35.5 Å². The number of carbonyl (C=O) groups is 3. The summed E-state index contributed by atoms with van der Waals surface area (Å²) in [4.78, 5) is 38.8. The largest absolute Gasteiger partial charge is 0.459 e. The summed E-state index contributed by atoms with van der Waals surface area (Å²) in [5.74, 6) is -1.53. The summed E-state index contributed by atoms with van der Waals surface area (Å²) in [6, 6.07) is 15.4. The quantitative estimate of drug-likeness (QED) is 0.638. The first kappa shape index (κ1) is 19.2. The number of ether oxygens (including phenoxy) is 2. The van der Waals surface area contributed by atoms with Gasteiger partial charge >= 0.3 is 11.9 Å². The zero-order valence-corrected chi connectivity index (χ0v) is 15.5. The van der Waals surface area contributed by atoms with Crippen molar-refractivity contribution in [1.82, 2.24) is 4.98 Å². The second kappa shape index (κ2) is 8.39. The third-order valence-corrected chi connectivity index (χ3v) is 3.83. The molecule has 3 rings (SSSR count). The van der Waals surface area contributed by atoms with Crippen LogP contribution in [0.15, 0.2) is 54.6 Å². The highest BCUT2D eigenvalue weighted by Gasteiger charge is 2.14. The maximum Gasteiger partial charge on any atom is 0.355 e. The van der Waals surface area contributed by atoms with E-state index in [1.807, 2.05) is 24.3 Å². The molecular formula is C21H20N2O5. The average molecular weight is 380 g/mol. The summed E-state index contributed by atoms with van der Waals surface area (Å²) in [5.41, 5.74) is 1.96. The van der Waals surface area contributed by atoms with Gasteiger partial charge in [0.1, 0.15) is 5.69 Å². The van der Waals surface area contributed by atoms with Gasteiger partial charge in [-0.15, -0.1) is 0 Å². The average Bonchev–Trinajstić information content (AvgIpc) is 3.10. The van der Waals surface area contributed by atoms with Crippen LogP contribution >= 0.6 is 0 Å². The van der Waals surface area contributed by atoms with E-state index in [0.29, 0.717) is 11.3 Å². The van der Waals surface area contributed by atoms with E-state index in [4.69, 9.17) is 9.47 Å². The molecule has 2 N–H and O–H groups in total. The van der Waals surface area contributed by atoms with Crippen LogP contribution in [0.4, 0.5) is 5.69 Å². The highest BCUT2D eigenvalue weighted by Crippen LogP contribution is 2.15. The summed E-state index contributed by atoms with van der Waals surface area (Å²) in [7, 11) is 0. The molecule has 0 fully saturated rings. The van der Waals surface area contributed by atoms with Crippen molar-refractivity contribution in [3.05, 3.63) is 65.9 Å². The summed E-state index contributed by atoms with van der Waals surface area (Å²) in [6.45, 7) is 3.11. The Morgan fingerprint density at radius 3 is 2.39 bits per heavy atom. The maximum atomic E-state index is 12.1. The minimum atomic E-state index is -0.613. The van der Waals surface area contributed by atoms with Gasteiger partial charge in [-0.3, -0.25) is 4.79 Å². The molecule has 0 saturated heterocycles. The third kappa shape index (κ3) is 4.76. The van der Waals surface area contributed by atoms with E-state index in [1.54, 1.807) is 44.2 Å². The molecule has 2 aromatic carbocycles. The van der Waals surface area contributed by atoms with Crippen molar-refractivity contribution >= 4 is 34.4 Å². The molecule has 0 saturated carbocycles. The van der Waals surface area contributed by atoms with E-state index < -0.39 is 24.5 Å².